The van der Waals surface area contributed by atoms with Crippen molar-refractivity contribution in [3.8, 4) is 23.0 Å². The van der Waals surface area contributed by atoms with E-state index in [1.54, 1.807) is 38.5 Å². The van der Waals surface area contributed by atoms with Gasteiger partial charge in [0, 0.05) is 17.7 Å². The number of rotatable bonds is 5. The minimum absolute atomic E-state index is 0.177. The van der Waals surface area contributed by atoms with E-state index >= 15 is 0 Å². The third-order valence-electron chi connectivity index (χ3n) is 3.01. The molecule has 0 spiro atoms. The molecule has 0 aliphatic rings. The highest BCUT2D eigenvalue weighted by molar-refractivity contribution is 5.42. The van der Waals surface area contributed by atoms with Gasteiger partial charge in [0.25, 0.3) is 0 Å². The van der Waals surface area contributed by atoms with E-state index in [1.165, 1.54) is 0 Å². The molecule has 1 atom stereocenters. The van der Waals surface area contributed by atoms with Crippen LogP contribution < -0.4 is 14.2 Å². The van der Waals surface area contributed by atoms with Crippen LogP contribution in [0.25, 0.3) is 0 Å². The molecule has 0 fully saturated rings. The molecule has 0 saturated carbocycles. The zero-order chi connectivity index (χ0) is 14.5. The smallest absolute Gasteiger partial charge is 0.129 e. The average Bonchev–Trinajstić information content (AvgIpc) is 2.46. The van der Waals surface area contributed by atoms with Crippen molar-refractivity contribution < 1.29 is 19.3 Å². The largest absolute Gasteiger partial charge is 0.508 e. The van der Waals surface area contributed by atoms with Crippen LogP contribution in [0.2, 0.25) is 0 Å². The fourth-order valence-electron chi connectivity index (χ4n) is 1.98. The van der Waals surface area contributed by atoms with E-state index in [-0.39, 0.29) is 11.9 Å². The third kappa shape index (κ3) is 3.15. The third-order valence-corrected chi connectivity index (χ3v) is 3.01. The Morgan fingerprint density at radius 1 is 0.950 bits per heavy atom. The Bertz CT molecular complexity index is 580. The Hall–Kier alpha value is -2.36. The minimum atomic E-state index is -0.211. The average molecular weight is 274 g/mol. The van der Waals surface area contributed by atoms with Crippen LogP contribution in [0.15, 0.2) is 42.5 Å². The van der Waals surface area contributed by atoms with Crippen LogP contribution in [-0.2, 0) is 0 Å². The quantitative estimate of drug-likeness (QED) is 0.905. The lowest BCUT2D eigenvalue weighted by Gasteiger charge is -2.18. The molecule has 2 aromatic carbocycles. The number of ether oxygens (including phenoxy) is 3. The Kier molecular flexibility index (Phi) is 4.35. The van der Waals surface area contributed by atoms with Gasteiger partial charge in [-0.2, -0.15) is 0 Å². The predicted molar refractivity (Wildman–Crippen MR) is 76.7 cm³/mol. The van der Waals surface area contributed by atoms with Gasteiger partial charge in [0.05, 0.1) is 14.2 Å². The van der Waals surface area contributed by atoms with Gasteiger partial charge in [-0.25, -0.2) is 0 Å². The molecule has 4 heteroatoms. The minimum Gasteiger partial charge on any atom is -0.508 e. The number of hydrogen-bond acceptors (Lipinski definition) is 4. The molecule has 0 heterocycles. The summed E-state index contributed by atoms with van der Waals surface area (Å²) in [6.45, 7) is 1.92. The van der Waals surface area contributed by atoms with Crippen molar-refractivity contribution in [1.29, 1.82) is 0 Å². The zero-order valence-corrected chi connectivity index (χ0v) is 11.8. The zero-order valence-electron chi connectivity index (χ0n) is 11.8. The number of phenolic OH excluding ortho intramolecular Hbond substituents is 1. The van der Waals surface area contributed by atoms with Crippen LogP contribution in [0.3, 0.4) is 0 Å². The molecule has 0 aliphatic carbocycles. The molecule has 1 N–H and O–H groups in total. The van der Waals surface area contributed by atoms with Crippen molar-refractivity contribution in [3.05, 3.63) is 48.0 Å². The van der Waals surface area contributed by atoms with E-state index in [2.05, 4.69) is 0 Å². The number of aromatic hydroxyl groups is 1. The van der Waals surface area contributed by atoms with Gasteiger partial charge in [-0.1, -0.05) is 6.07 Å². The lowest BCUT2D eigenvalue weighted by molar-refractivity contribution is 0.220. The molecule has 0 aromatic heterocycles. The van der Waals surface area contributed by atoms with Crippen molar-refractivity contribution in [1.82, 2.24) is 0 Å². The second-order valence-electron chi connectivity index (χ2n) is 4.37. The normalized spacial score (nSPS) is 11.8. The van der Waals surface area contributed by atoms with Gasteiger partial charge in [-0.15, -0.1) is 0 Å². The summed E-state index contributed by atoms with van der Waals surface area (Å²) in [7, 11) is 3.22. The summed E-state index contributed by atoms with van der Waals surface area (Å²) in [5, 5.41) is 9.44. The molecule has 0 bridgehead atoms. The molecule has 4 nitrogen and oxygen atoms in total. The molecule has 0 radical (unpaired) electrons. The summed E-state index contributed by atoms with van der Waals surface area (Å²) in [5.74, 6) is 2.22. The van der Waals surface area contributed by atoms with Crippen molar-refractivity contribution >= 4 is 0 Å². The summed E-state index contributed by atoms with van der Waals surface area (Å²) in [6, 6.07) is 12.3. The first-order valence-electron chi connectivity index (χ1n) is 6.31. The summed E-state index contributed by atoms with van der Waals surface area (Å²) in [5.41, 5.74) is 0.914. The molecule has 0 amide bonds. The first-order chi connectivity index (χ1) is 9.63. The van der Waals surface area contributed by atoms with Crippen LogP contribution in [-0.4, -0.2) is 19.3 Å². The lowest BCUT2D eigenvalue weighted by Crippen LogP contribution is -2.05. The second kappa shape index (κ2) is 6.19. The Morgan fingerprint density at radius 2 is 1.75 bits per heavy atom. The van der Waals surface area contributed by atoms with Crippen molar-refractivity contribution in [3.63, 3.8) is 0 Å². The van der Waals surface area contributed by atoms with Crippen LogP contribution in [0.1, 0.15) is 18.6 Å². The van der Waals surface area contributed by atoms with Gasteiger partial charge in [-0.05, 0) is 31.2 Å². The molecular formula is C16H18O4. The van der Waals surface area contributed by atoms with Crippen molar-refractivity contribution in [2.75, 3.05) is 14.2 Å². The Balaban J connectivity index is 2.22. The molecule has 0 aliphatic heterocycles. The maximum absolute atomic E-state index is 9.44. The number of phenols is 1. The molecule has 2 rings (SSSR count). The van der Waals surface area contributed by atoms with E-state index in [9.17, 15) is 5.11 Å². The van der Waals surface area contributed by atoms with E-state index in [4.69, 9.17) is 14.2 Å². The van der Waals surface area contributed by atoms with Gasteiger partial charge < -0.3 is 19.3 Å². The van der Waals surface area contributed by atoms with E-state index in [1.807, 2.05) is 25.1 Å². The number of hydrogen-bond donors (Lipinski definition) is 1. The first-order valence-corrected chi connectivity index (χ1v) is 6.31. The van der Waals surface area contributed by atoms with Gasteiger partial charge in [0.2, 0.25) is 0 Å². The molecule has 1 unspecified atom stereocenters. The van der Waals surface area contributed by atoms with Crippen LogP contribution >= 0.6 is 0 Å². The molecule has 20 heavy (non-hydrogen) atoms. The highest BCUT2D eigenvalue weighted by Crippen LogP contribution is 2.32. The number of benzene rings is 2. The van der Waals surface area contributed by atoms with Gasteiger partial charge in [-0.3, -0.25) is 0 Å². The lowest BCUT2D eigenvalue weighted by atomic mass is 10.1. The van der Waals surface area contributed by atoms with E-state index in [0.29, 0.717) is 11.5 Å². The summed E-state index contributed by atoms with van der Waals surface area (Å²) in [4.78, 5) is 0. The predicted octanol–water partition coefficient (Wildman–Crippen LogP) is 3.55. The SMILES string of the molecule is COc1ccc(C(C)Oc2cccc(O)c2)c(OC)c1. The van der Waals surface area contributed by atoms with Crippen LogP contribution in [0.5, 0.6) is 23.0 Å². The van der Waals surface area contributed by atoms with Gasteiger partial charge in [0.15, 0.2) is 0 Å². The standard InChI is InChI=1S/C16H18O4/c1-11(20-14-6-4-5-12(17)9-14)15-8-7-13(18-2)10-16(15)19-3/h4-11,17H,1-3H3. The molecule has 106 valence electrons. The molecule has 2 aromatic rings. The maximum Gasteiger partial charge on any atom is 0.129 e. The van der Waals surface area contributed by atoms with Gasteiger partial charge >= 0.3 is 0 Å². The second-order valence-corrected chi connectivity index (χ2v) is 4.37. The van der Waals surface area contributed by atoms with Crippen LogP contribution in [0, 0.1) is 0 Å². The highest BCUT2D eigenvalue weighted by atomic mass is 16.5. The van der Waals surface area contributed by atoms with Crippen molar-refractivity contribution in [2.24, 2.45) is 0 Å². The Labute approximate surface area is 118 Å². The van der Waals surface area contributed by atoms with Crippen LogP contribution in [0.4, 0.5) is 0 Å². The summed E-state index contributed by atoms with van der Waals surface area (Å²) < 4.78 is 16.3. The fraction of sp³-hybridized carbons (Fsp3) is 0.250. The topological polar surface area (TPSA) is 47.9 Å². The van der Waals surface area contributed by atoms with E-state index in [0.717, 1.165) is 11.3 Å². The summed E-state index contributed by atoms with van der Waals surface area (Å²) in [6.07, 6.45) is -0.211. The van der Waals surface area contributed by atoms with Crippen molar-refractivity contribution in [2.45, 2.75) is 13.0 Å². The fourth-order valence-corrected chi connectivity index (χ4v) is 1.98. The summed E-state index contributed by atoms with van der Waals surface area (Å²) >= 11 is 0. The number of methoxy groups -OCH3 is 2. The molecule has 0 saturated heterocycles. The first kappa shape index (κ1) is 14.1. The monoisotopic (exact) mass is 274 g/mol. The van der Waals surface area contributed by atoms with E-state index < -0.39 is 0 Å². The molecular weight excluding hydrogens is 256 g/mol. The Morgan fingerprint density at radius 3 is 2.40 bits per heavy atom. The highest BCUT2D eigenvalue weighted by Gasteiger charge is 2.14. The van der Waals surface area contributed by atoms with Gasteiger partial charge in [0.1, 0.15) is 29.1 Å². The maximum atomic E-state index is 9.44.